The van der Waals surface area contributed by atoms with Crippen molar-refractivity contribution < 1.29 is 5.11 Å². The number of hydrogen-bond acceptors (Lipinski definition) is 3. The molecule has 0 saturated heterocycles. The number of benzene rings is 2. The van der Waals surface area contributed by atoms with Gasteiger partial charge in [-0.3, -0.25) is 5.41 Å². The molecule has 4 N–H and O–H groups in total. The third-order valence-corrected chi connectivity index (χ3v) is 4.28. The molecule has 0 heterocycles. The molecule has 0 aromatic heterocycles. The number of aromatic hydroxyl groups is 1. The molecule has 2 aromatic carbocycles. The summed E-state index contributed by atoms with van der Waals surface area (Å²) in [6.45, 7) is 12.6. The fraction of sp³-hybridized carbons (Fsp3) is 0.381. The van der Waals surface area contributed by atoms with Crippen LogP contribution in [0.4, 0.5) is 5.69 Å². The second kappa shape index (κ2) is 5.97. The fourth-order valence-corrected chi connectivity index (χ4v) is 2.70. The Morgan fingerprint density at radius 3 is 2.00 bits per heavy atom. The SMILES string of the molecule is CC(C)(C)c1cc(C(=N)c2ccccc2N)c(O)c(C(C)(C)C)c1. The molecule has 0 bridgehead atoms. The van der Waals surface area contributed by atoms with Crippen LogP contribution >= 0.6 is 0 Å². The second-order valence-corrected chi connectivity index (χ2v) is 8.38. The van der Waals surface area contributed by atoms with Gasteiger partial charge in [-0.25, -0.2) is 0 Å². The van der Waals surface area contributed by atoms with Crippen LogP contribution in [-0.2, 0) is 10.8 Å². The topological polar surface area (TPSA) is 70.1 Å². The average molecular weight is 324 g/mol. The molecule has 3 heteroatoms. The van der Waals surface area contributed by atoms with E-state index in [0.717, 1.165) is 11.1 Å². The minimum absolute atomic E-state index is 0.0784. The number of rotatable bonds is 2. The molecular weight excluding hydrogens is 296 g/mol. The highest BCUT2D eigenvalue weighted by molar-refractivity contribution is 6.15. The van der Waals surface area contributed by atoms with Crippen molar-refractivity contribution in [1.29, 1.82) is 5.41 Å². The van der Waals surface area contributed by atoms with Gasteiger partial charge in [-0.15, -0.1) is 0 Å². The summed E-state index contributed by atoms with van der Waals surface area (Å²) >= 11 is 0. The van der Waals surface area contributed by atoms with Gasteiger partial charge in [0, 0.05) is 22.4 Å². The van der Waals surface area contributed by atoms with Gasteiger partial charge in [0.25, 0.3) is 0 Å². The summed E-state index contributed by atoms with van der Waals surface area (Å²) in [4.78, 5) is 0. The Labute approximate surface area is 145 Å². The van der Waals surface area contributed by atoms with Gasteiger partial charge < -0.3 is 10.8 Å². The Morgan fingerprint density at radius 1 is 0.917 bits per heavy atom. The predicted octanol–water partition coefficient (Wildman–Crippen LogP) is 4.99. The summed E-state index contributed by atoms with van der Waals surface area (Å²) in [6.07, 6.45) is 0. The smallest absolute Gasteiger partial charge is 0.128 e. The number of nitrogens with one attached hydrogen (secondary N) is 1. The summed E-state index contributed by atoms with van der Waals surface area (Å²) in [5, 5.41) is 19.5. The molecular formula is C21H28N2O. The van der Waals surface area contributed by atoms with Crippen LogP contribution in [0.25, 0.3) is 0 Å². The van der Waals surface area contributed by atoms with Gasteiger partial charge in [0.05, 0.1) is 5.71 Å². The zero-order valence-electron chi connectivity index (χ0n) is 15.5. The van der Waals surface area contributed by atoms with Crippen LogP contribution in [0.1, 0.15) is 63.8 Å². The maximum absolute atomic E-state index is 10.9. The van der Waals surface area contributed by atoms with E-state index >= 15 is 0 Å². The minimum atomic E-state index is -0.220. The van der Waals surface area contributed by atoms with Crippen molar-refractivity contribution in [2.24, 2.45) is 0 Å². The van der Waals surface area contributed by atoms with Crippen molar-refractivity contribution in [3.05, 3.63) is 58.7 Å². The van der Waals surface area contributed by atoms with Gasteiger partial charge in [-0.05, 0) is 28.5 Å². The Bertz CT molecular complexity index is 777. The first-order valence-electron chi connectivity index (χ1n) is 8.24. The summed E-state index contributed by atoms with van der Waals surface area (Å²) in [7, 11) is 0. The predicted molar refractivity (Wildman–Crippen MR) is 102 cm³/mol. The summed E-state index contributed by atoms with van der Waals surface area (Å²) < 4.78 is 0. The Kier molecular flexibility index (Phi) is 4.49. The van der Waals surface area contributed by atoms with E-state index in [4.69, 9.17) is 11.1 Å². The Morgan fingerprint density at radius 2 is 1.50 bits per heavy atom. The average Bonchev–Trinajstić information content (AvgIpc) is 2.44. The molecule has 0 saturated carbocycles. The molecule has 0 aliphatic heterocycles. The van der Waals surface area contributed by atoms with Crippen LogP contribution < -0.4 is 5.73 Å². The minimum Gasteiger partial charge on any atom is -0.507 e. The van der Waals surface area contributed by atoms with E-state index in [2.05, 4.69) is 47.6 Å². The van der Waals surface area contributed by atoms with Crippen molar-refractivity contribution >= 4 is 11.4 Å². The lowest BCUT2D eigenvalue weighted by Gasteiger charge is -2.27. The lowest BCUT2D eigenvalue weighted by Crippen LogP contribution is -2.19. The van der Waals surface area contributed by atoms with Gasteiger partial charge in [0.15, 0.2) is 0 Å². The second-order valence-electron chi connectivity index (χ2n) is 8.38. The lowest BCUT2D eigenvalue weighted by atomic mass is 9.78. The van der Waals surface area contributed by atoms with E-state index in [1.54, 1.807) is 6.07 Å². The highest BCUT2D eigenvalue weighted by Gasteiger charge is 2.26. The van der Waals surface area contributed by atoms with Crippen molar-refractivity contribution in [2.45, 2.75) is 52.4 Å². The first kappa shape index (κ1) is 18.1. The summed E-state index contributed by atoms with van der Waals surface area (Å²) in [5.74, 6) is 0.170. The van der Waals surface area contributed by atoms with Crippen molar-refractivity contribution in [3.63, 3.8) is 0 Å². The van der Waals surface area contributed by atoms with Crippen molar-refractivity contribution in [2.75, 3.05) is 5.73 Å². The van der Waals surface area contributed by atoms with Crippen LogP contribution in [0.5, 0.6) is 5.75 Å². The molecule has 0 amide bonds. The molecule has 0 radical (unpaired) electrons. The van der Waals surface area contributed by atoms with Crippen LogP contribution in [0.2, 0.25) is 0 Å². The highest BCUT2D eigenvalue weighted by Crippen LogP contribution is 2.38. The standard InChI is InChI=1S/C21H28N2O/c1-20(2,3)13-11-15(19(24)16(12-13)21(4,5)6)18(23)14-9-7-8-10-17(14)22/h7-12,23-24H,22H2,1-6H3. The van der Waals surface area contributed by atoms with Gasteiger partial charge in [0.2, 0.25) is 0 Å². The van der Waals surface area contributed by atoms with Crippen LogP contribution in [-0.4, -0.2) is 10.8 Å². The third kappa shape index (κ3) is 3.45. The van der Waals surface area contributed by atoms with E-state index in [1.165, 1.54) is 0 Å². The quantitative estimate of drug-likeness (QED) is 0.538. The maximum Gasteiger partial charge on any atom is 0.128 e. The summed E-state index contributed by atoms with van der Waals surface area (Å²) in [6, 6.07) is 11.3. The van der Waals surface area contributed by atoms with Gasteiger partial charge in [-0.2, -0.15) is 0 Å². The van der Waals surface area contributed by atoms with E-state index < -0.39 is 0 Å². The molecule has 0 spiro atoms. The number of phenols is 1. The van der Waals surface area contributed by atoms with E-state index in [1.807, 2.05) is 24.3 Å². The zero-order chi connectivity index (χ0) is 18.3. The molecule has 3 nitrogen and oxygen atoms in total. The van der Waals surface area contributed by atoms with Gasteiger partial charge >= 0.3 is 0 Å². The summed E-state index contributed by atoms with van der Waals surface area (Å²) in [5.41, 5.74) is 9.65. The van der Waals surface area contributed by atoms with Gasteiger partial charge in [-0.1, -0.05) is 65.8 Å². The monoisotopic (exact) mass is 324 g/mol. The number of nitrogens with two attached hydrogens (primary N) is 1. The van der Waals surface area contributed by atoms with Crippen LogP contribution in [0.3, 0.4) is 0 Å². The number of nitrogen functional groups attached to an aromatic ring is 1. The molecule has 24 heavy (non-hydrogen) atoms. The van der Waals surface area contributed by atoms with E-state index in [0.29, 0.717) is 16.8 Å². The van der Waals surface area contributed by atoms with Crippen molar-refractivity contribution in [1.82, 2.24) is 0 Å². The number of hydrogen-bond donors (Lipinski definition) is 3. The Balaban J connectivity index is 2.74. The van der Waals surface area contributed by atoms with E-state index in [9.17, 15) is 5.11 Å². The van der Waals surface area contributed by atoms with Crippen LogP contribution in [0.15, 0.2) is 36.4 Å². The fourth-order valence-electron chi connectivity index (χ4n) is 2.70. The normalized spacial score (nSPS) is 12.2. The number of para-hydroxylation sites is 1. The molecule has 0 aliphatic rings. The largest absolute Gasteiger partial charge is 0.507 e. The molecule has 0 atom stereocenters. The molecule has 0 aliphatic carbocycles. The number of anilines is 1. The lowest BCUT2D eigenvalue weighted by molar-refractivity contribution is 0.443. The Hall–Kier alpha value is -2.29. The molecule has 128 valence electrons. The maximum atomic E-state index is 10.9. The van der Waals surface area contributed by atoms with E-state index in [-0.39, 0.29) is 22.3 Å². The molecule has 2 rings (SSSR count). The van der Waals surface area contributed by atoms with Gasteiger partial charge in [0.1, 0.15) is 5.75 Å². The highest BCUT2D eigenvalue weighted by atomic mass is 16.3. The molecule has 0 fully saturated rings. The van der Waals surface area contributed by atoms with Crippen LogP contribution in [0, 0.1) is 5.41 Å². The van der Waals surface area contributed by atoms with Crippen molar-refractivity contribution in [3.8, 4) is 5.75 Å². The first-order valence-corrected chi connectivity index (χ1v) is 8.24. The third-order valence-electron chi connectivity index (χ3n) is 4.28. The number of phenolic OH excluding ortho intramolecular Hbond substituents is 1. The first-order chi connectivity index (χ1) is 10.9. The molecule has 0 unspecified atom stereocenters. The zero-order valence-corrected chi connectivity index (χ0v) is 15.5. The molecule has 2 aromatic rings.